The Labute approximate surface area is 96.1 Å². The second-order valence-electron chi connectivity index (χ2n) is 3.89. The predicted molar refractivity (Wildman–Crippen MR) is 62.2 cm³/mol. The van der Waals surface area contributed by atoms with Crippen molar-refractivity contribution in [1.29, 1.82) is 0 Å². The normalized spacial score (nSPS) is 12.1. The molecule has 3 heteroatoms. The largest absolute Gasteiger partial charge is 0.508 e. The van der Waals surface area contributed by atoms with Crippen LogP contribution in [-0.4, -0.2) is 17.7 Å². The first-order chi connectivity index (χ1) is 7.63. The first kappa shape index (κ1) is 12.6. The maximum Gasteiger partial charge on any atom is 0.308 e. The number of hydrogen-bond donors (Lipinski definition) is 1. The number of ether oxygens (including phenoxy) is 1. The van der Waals surface area contributed by atoms with Gasteiger partial charge in [0, 0.05) is 6.42 Å². The van der Waals surface area contributed by atoms with Crippen molar-refractivity contribution in [3.05, 3.63) is 29.8 Å². The highest BCUT2D eigenvalue weighted by Gasteiger charge is 2.11. The average molecular weight is 222 g/mol. The number of carbonyl (C=O) groups is 1. The van der Waals surface area contributed by atoms with Crippen molar-refractivity contribution in [2.24, 2.45) is 5.92 Å². The van der Waals surface area contributed by atoms with Gasteiger partial charge >= 0.3 is 5.97 Å². The van der Waals surface area contributed by atoms with Crippen LogP contribution < -0.4 is 0 Å². The van der Waals surface area contributed by atoms with E-state index in [1.165, 1.54) is 0 Å². The van der Waals surface area contributed by atoms with Crippen LogP contribution in [0.15, 0.2) is 24.3 Å². The van der Waals surface area contributed by atoms with E-state index in [4.69, 9.17) is 9.84 Å². The van der Waals surface area contributed by atoms with Crippen molar-refractivity contribution in [3.63, 3.8) is 0 Å². The SMILES string of the molecule is CCC(C)C(=O)OCCc1ccc(O)cc1. The van der Waals surface area contributed by atoms with Crippen LogP contribution in [0.1, 0.15) is 25.8 Å². The van der Waals surface area contributed by atoms with Crippen molar-refractivity contribution in [3.8, 4) is 5.75 Å². The number of hydrogen-bond acceptors (Lipinski definition) is 3. The summed E-state index contributed by atoms with van der Waals surface area (Å²) in [4.78, 5) is 11.4. The molecule has 16 heavy (non-hydrogen) atoms. The summed E-state index contributed by atoms with van der Waals surface area (Å²) in [6.45, 7) is 4.22. The molecule has 1 rings (SSSR count). The molecular formula is C13H18O3. The van der Waals surface area contributed by atoms with Crippen LogP contribution in [0.2, 0.25) is 0 Å². The number of benzene rings is 1. The number of rotatable bonds is 5. The zero-order valence-corrected chi connectivity index (χ0v) is 9.77. The van der Waals surface area contributed by atoms with Gasteiger partial charge in [0.15, 0.2) is 0 Å². The summed E-state index contributed by atoms with van der Waals surface area (Å²) in [5.41, 5.74) is 1.05. The van der Waals surface area contributed by atoms with Gasteiger partial charge in [-0.05, 0) is 24.1 Å². The Morgan fingerprint density at radius 3 is 2.56 bits per heavy atom. The third-order valence-electron chi connectivity index (χ3n) is 2.59. The Balaban J connectivity index is 2.30. The van der Waals surface area contributed by atoms with E-state index >= 15 is 0 Å². The highest BCUT2D eigenvalue weighted by Crippen LogP contribution is 2.10. The fourth-order valence-corrected chi connectivity index (χ4v) is 1.24. The second kappa shape index (κ2) is 6.16. The number of carbonyl (C=O) groups excluding carboxylic acids is 1. The fourth-order valence-electron chi connectivity index (χ4n) is 1.24. The van der Waals surface area contributed by atoms with Crippen LogP contribution >= 0.6 is 0 Å². The Morgan fingerprint density at radius 1 is 1.38 bits per heavy atom. The lowest BCUT2D eigenvalue weighted by Gasteiger charge is -2.09. The van der Waals surface area contributed by atoms with E-state index < -0.39 is 0 Å². The molecule has 0 spiro atoms. The predicted octanol–water partition coefficient (Wildman–Crippen LogP) is 2.52. The molecule has 1 atom stereocenters. The molecule has 1 unspecified atom stereocenters. The van der Waals surface area contributed by atoms with E-state index in [0.717, 1.165) is 12.0 Å². The standard InChI is InChI=1S/C13H18O3/c1-3-10(2)13(15)16-9-8-11-4-6-12(14)7-5-11/h4-7,10,14H,3,8-9H2,1-2H3. The van der Waals surface area contributed by atoms with E-state index in [9.17, 15) is 4.79 Å². The van der Waals surface area contributed by atoms with Gasteiger partial charge in [0.2, 0.25) is 0 Å². The third kappa shape index (κ3) is 3.93. The van der Waals surface area contributed by atoms with Gasteiger partial charge in [0.25, 0.3) is 0 Å². The summed E-state index contributed by atoms with van der Waals surface area (Å²) in [7, 11) is 0. The molecule has 1 aromatic rings. The molecular weight excluding hydrogens is 204 g/mol. The highest BCUT2D eigenvalue weighted by atomic mass is 16.5. The summed E-state index contributed by atoms with van der Waals surface area (Å²) in [6.07, 6.45) is 1.49. The highest BCUT2D eigenvalue weighted by molar-refractivity contribution is 5.71. The summed E-state index contributed by atoms with van der Waals surface area (Å²) in [5, 5.41) is 9.09. The molecule has 3 nitrogen and oxygen atoms in total. The van der Waals surface area contributed by atoms with Gasteiger partial charge in [-0.15, -0.1) is 0 Å². The minimum Gasteiger partial charge on any atom is -0.508 e. The van der Waals surface area contributed by atoms with Gasteiger partial charge in [-0.3, -0.25) is 4.79 Å². The van der Waals surface area contributed by atoms with Crippen LogP contribution in [0.5, 0.6) is 5.75 Å². The molecule has 0 amide bonds. The van der Waals surface area contributed by atoms with Crippen LogP contribution in [0.3, 0.4) is 0 Å². The molecule has 0 aromatic heterocycles. The summed E-state index contributed by atoms with van der Waals surface area (Å²) >= 11 is 0. The van der Waals surface area contributed by atoms with E-state index in [-0.39, 0.29) is 17.6 Å². The van der Waals surface area contributed by atoms with Gasteiger partial charge in [-0.1, -0.05) is 26.0 Å². The van der Waals surface area contributed by atoms with Crippen molar-refractivity contribution < 1.29 is 14.6 Å². The summed E-state index contributed by atoms with van der Waals surface area (Å²) in [6, 6.07) is 6.91. The van der Waals surface area contributed by atoms with E-state index in [0.29, 0.717) is 13.0 Å². The second-order valence-corrected chi connectivity index (χ2v) is 3.89. The van der Waals surface area contributed by atoms with Gasteiger partial charge in [-0.2, -0.15) is 0 Å². The molecule has 0 radical (unpaired) electrons. The molecule has 88 valence electrons. The van der Waals surface area contributed by atoms with E-state index in [2.05, 4.69) is 0 Å². The molecule has 0 heterocycles. The number of phenols is 1. The van der Waals surface area contributed by atoms with Gasteiger partial charge in [0.05, 0.1) is 12.5 Å². The quantitative estimate of drug-likeness (QED) is 0.779. The lowest BCUT2D eigenvalue weighted by atomic mass is 10.1. The van der Waals surface area contributed by atoms with E-state index in [1.54, 1.807) is 12.1 Å². The lowest BCUT2D eigenvalue weighted by molar-refractivity contribution is -0.147. The Kier molecular flexibility index (Phi) is 4.83. The zero-order chi connectivity index (χ0) is 12.0. The number of aromatic hydroxyl groups is 1. The van der Waals surface area contributed by atoms with Gasteiger partial charge < -0.3 is 9.84 Å². The molecule has 1 aromatic carbocycles. The molecule has 0 saturated heterocycles. The van der Waals surface area contributed by atoms with Crippen molar-refractivity contribution in [2.45, 2.75) is 26.7 Å². The van der Waals surface area contributed by atoms with Crippen molar-refractivity contribution in [1.82, 2.24) is 0 Å². The molecule has 1 N–H and O–H groups in total. The van der Waals surface area contributed by atoms with Gasteiger partial charge in [0.1, 0.15) is 5.75 Å². The molecule has 0 saturated carbocycles. The van der Waals surface area contributed by atoms with Crippen LogP contribution in [0.25, 0.3) is 0 Å². The molecule has 0 fully saturated rings. The fraction of sp³-hybridized carbons (Fsp3) is 0.462. The first-order valence-electron chi connectivity index (χ1n) is 5.58. The zero-order valence-electron chi connectivity index (χ0n) is 9.77. The maximum absolute atomic E-state index is 11.4. The van der Waals surface area contributed by atoms with Gasteiger partial charge in [-0.25, -0.2) is 0 Å². The smallest absolute Gasteiger partial charge is 0.308 e. The molecule has 0 aliphatic rings. The molecule has 0 aliphatic carbocycles. The lowest BCUT2D eigenvalue weighted by Crippen LogP contribution is -2.15. The van der Waals surface area contributed by atoms with Crippen LogP contribution in [-0.2, 0) is 16.0 Å². The Bertz CT molecular complexity index is 330. The molecule has 0 aliphatic heterocycles. The Hall–Kier alpha value is -1.51. The first-order valence-corrected chi connectivity index (χ1v) is 5.58. The van der Waals surface area contributed by atoms with Crippen LogP contribution in [0.4, 0.5) is 0 Å². The number of phenolic OH excluding ortho intramolecular Hbond substituents is 1. The summed E-state index contributed by atoms with van der Waals surface area (Å²) < 4.78 is 5.13. The minimum atomic E-state index is -0.138. The molecule has 0 bridgehead atoms. The minimum absolute atomic E-state index is 0.0279. The van der Waals surface area contributed by atoms with Crippen molar-refractivity contribution >= 4 is 5.97 Å². The number of esters is 1. The monoisotopic (exact) mass is 222 g/mol. The summed E-state index contributed by atoms with van der Waals surface area (Å²) in [5.74, 6) is 0.0847. The van der Waals surface area contributed by atoms with E-state index in [1.807, 2.05) is 26.0 Å². The van der Waals surface area contributed by atoms with Crippen LogP contribution in [0, 0.1) is 5.92 Å². The Morgan fingerprint density at radius 2 is 2.00 bits per heavy atom. The third-order valence-corrected chi connectivity index (χ3v) is 2.59. The van der Waals surface area contributed by atoms with Crippen molar-refractivity contribution in [2.75, 3.05) is 6.61 Å². The average Bonchev–Trinajstić information content (AvgIpc) is 2.30. The topological polar surface area (TPSA) is 46.5 Å². The maximum atomic E-state index is 11.4.